The van der Waals surface area contributed by atoms with Crippen molar-refractivity contribution in [3.8, 4) is 0 Å². The average Bonchev–Trinajstić information content (AvgIpc) is 2.71. The van der Waals surface area contributed by atoms with Gasteiger partial charge in [0.25, 0.3) is 0 Å². The third-order valence-corrected chi connectivity index (χ3v) is 4.45. The predicted octanol–water partition coefficient (Wildman–Crippen LogP) is 4.55. The standard InChI is InChI=1S/C17H30N2/c1-3-4-5-6-7-8-14-19-15-10-9-11-16(18-2)17(19)13-12-15/h10,18H,3-9,11-14H2,1-2H3. The van der Waals surface area contributed by atoms with E-state index < -0.39 is 0 Å². The molecule has 2 aliphatic rings. The van der Waals surface area contributed by atoms with E-state index in [4.69, 9.17) is 0 Å². The van der Waals surface area contributed by atoms with E-state index in [1.165, 1.54) is 76.5 Å². The Labute approximate surface area is 118 Å². The second kappa shape index (κ2) is 7.62. The minimum Gasteiger partial charge on any atom is -0.390 e. The van der Waals surface area contributed by atoms with Crippen LogP contribution >= 0.6 is 0 Å². The van der Waals surface area contributed by atoms with E-state index in [-0.39, 0.29) is 0 Å². The van der Waals surface area contributed by atoms with Crippen LogP contribution in [0.25, 0.3) is 0 Å². The normalized spacial score (nSPS) is 18.6. The molecule has 2 heteroatoms. The van der Waals surface area contributed by atoms with Crippen molar-refractivity contribution >= 4 is 0 Å². The molecular weight excluding hydrogens is 232 g/mol. The molecule has 1 fully saturated rings. The lowest BCUT2D eigenvalue weighted by Gasteiger charge is -2.23. The molecule has 2 aliphatic heterocycles. The van der Waals surface area contributed by atoms with Crippen molar-refractivity contribution in [2.75, 3.05) is 13.6 Å². The first-order chi connectivity index (χ1) is 9.36. The van der Waals surface area contributed by atoms with Crippen LogP contribution in [0.5, 0.6) is 0 Å². The van der Waals surface area contributed by atoms with Crippen LogP contribution in [0.3, 0.4) is 0 Å². The lowest BCUT2D eigenvalue weighted by molar-refractivity contribution is 0.423. The van der Waals surface area contributed by atoms with Crippen LogP contribution in [-0.2, 0) is 0 Å². The van der Waals surface area contributed by atoms with Crippen molar-refractivity contribution in [1.82, 2.24) is 10.2 Å². The average molecular weight is 262 g/mol. The van der Waals surface area contributed by atoms with Crippen LogP contribution in [0, 0.1) is 0 Å². The molecule has 0 radical (unpaired) electrons. The minimum absolute atomic E-state index is 1.20. The summed E-state index contributed by atoms with van der Waals surface area (Å²) in [4.78, 5) is 2.61. The molecule has 0 spiro atoms. The van der Waals surface area contributed by atoms with Crippen LogP contribution in [0.1, 0.15) is 71.1 Å². The fraction of sp³-hybridized carbons (Fsp3) is 0.765. The van der Waals surface area contributed by atoms with E-state index >= 15 is 0 Å². The molecule has 108 valence electrons. The SMILES string of the molecule is CCCCCCCCN1C2=CCCC(NC)=C1CC2. The first-order valence-electron chi connectivity index (χ1n) is 8.23. The van der Waals surface area contributed by atoms with E-state index in [1.807, 2.05) is 0 Å². The second-order valence-corrected chi connectivity index (χ2v) is 5.83. The highest BCUT2D eigenvalue weighted by Gasteiger charge is 2.26. The van der Waals surface area contributed by atoms with Gasteiger partial charge in [-0.2, -0.15) is 0 Å². The van der Waals surface area contributed by atoms with Gasteiger partial charge in [0, 0.05) is 30.7 Å². The maximum atomic E-state index is 3.42. The molecule has 0 aromatic heterocycles. The van der Waals surface area contributed by atoms with Crippen LogP contribution in [0.15, 0.2) is 23.2 Å². The fourth-order valence-electron chi connectivity index (χ4n) is 3.34. The summed E-state index contributed by atoms with van der Waals surface area (Å²) in [6.45, 7) is 3.52. The van der Waals surface area contributed by atoms with Gasteiger partial charge in [0.2, 0.25) is 0 Å². The Balaban J connectivity index is 1.82. The van der Waals surface area contributed by atoms with Gasteiger partial charge >= 0.3 is 0 Å². The quantitative estimate of drug-likeness (QED) is 0.645. The molecule has 0 amide bonds. The van der Waals surface area contributed by atoms with Crippen LogP contribution in [0.4, 0.5) is 0 Å². The largest absolute Gasteiger partial charge is 0.390 e. The van der Waals surface area contributed by atoms with Gasteiger partial charge in [-0.1, -0.05) is 45.1 Å². The minimum atomic E-state index is 1.20. The summed E-state index contributed by atoms with van der Waals surface area (Å²) >= 11 is 0. The molecule has 19 heavy (non-hydrogen) atoms. The summed E-state index contributed by atoms with van der Waals surface area (Å²) in [7, 11) is 2.08. The highest BCUT2D eigenvalue weighted by Crippen LogP contribution is 2.36. The monoisotopic (exact) mass is 262 g/mol. The highest BCUT2D eigenvalue weighted by atomic mass is 15.2. The van der Waals surface area contributed by atoms with Crippen molar-refractivity contribution in [1.29, 1.82) is 0 Å². The van der Waals surface area contributed by atoms with E-state index in [0.717, 1.165) is 0 Å². The third-order valence-electron chi connectivity index (χ3n) is 4.45. The number of fused-ring (bicyclic) bond motifs is 2. The Morgan fingerprint density at radius 3 is 2.63 bits per heavy atom. The van der Waals surface area contributed by atoms with E-state index in [2.05, 4.69) is 30.3 Å². The summed E-state index contributed by atoms with van der Waals surface area (Å²) in [5, 5.41) is 3.42. The molecule has 1 saturated heterocycles. The molecule has 0 saturated carbocycles. The van der Waals surface area contributed by atoms with E-state index in [1.54, 1.807) is 11.4 Å². The molecule has 0 unspecified atom stereocenters. The van der Waals surface area contributed by atoms with Gasteiger partial charge in [0.15, 0.2) is 0 Å². The number of hydrogen-bond donors (Lipinski definition) is 1. The summed E-state index contributed by atoms with van der Waals surface area (Å²) in [6.07, 6.45) is 15.7. The molecule has 2 heterocycles. The van der Waals surface area contributed by atoms with Crippen molar-refractivity contribution < 1.29 is 0 Å². The Hall–Kier alpha value is -0.920. The van der Waals surface area contributed by atoms with Crippen LogP contribution in [0.2, 0.25) is 0 Å². The molecule has 0 aromatic carbocycles. The maximum absolute atomic E-state index is 3.42. The third kappa shape index (κ3) is 3.77. The van der Waals surface area contributed by atoms with Crippen molar-refractivity contribution in [3.05, 3.63) is 23.2 Å². The molecular formula is C17H30N2. The second-order valence-electron chi connectivity index (χ2n) is 5.83. The molecule has 0 aromatic rings. The number of allylic oxidation sites excluding steroid dienone is 4. The van der Waals surface area contributed by atoms with Gasteiger partial charge in [0.1, 0.15) is 0 Å². The Kier molecular flexibility index (Phi) is 5.81. The molecule has 2 bridgehead atoms. The number of hydrogen-bond acceptors (Lipinski definition) is 2. The molecule has 0 atom stereocenters. The Bertz CT molecular complexity index is 341. The summed E-state index contributed by atoms with van der Waals surface area (Å²) < 4.78 is 0. The first kappa shape index (κ1) is 14.5. The van der Waals surface area contributed by atoms with Crippen molar-refractivity contribution in [3.63, 3.8) is 0 Å². The van der Waals surface area contributed by atoms with E-state index in [9.17, 15) is 0 Å². The summed E-state index contributed by atoms with van der Waals surface area (Å²) in [5.41, 5.74) is 4.66. The van der Waals surface area contributed by atoms with Gasteiger partial charge in [0.05, 0.1) is 0 Å². The summed E-state index contributed by atoms with van der Waals surface area (Å²) in [5.74, 6) is 0. The topological polar surface area (TPSA) is 15.3 Å². The maximum Gasteiger partial charge on any atom is 0.0371 e. The molecule has 2 nitrogen and oxygen atoms in total. The first-order valence-corrected chi connectivity index (χ1v) is 8.23. The number of unbranched alkanes of at least 4 members (excludes halogenated alkanes) is 5. The lowest BCUT2D eigenvalue weighted by Crippen LogP contribution is -2.21. The predicted molar refractivity (Wildman–Crippen MR) is 82.7 cm³/mol. The zero-order valence-electron chi connectivity index (χ0n) is 12.8. The zero-order chi connectivity index (χ0) is 13.5. The van der Waals surface area contributed by atoms with Crippen LogP contribution in [-0.4, -0.2) is 18.5 Å². The highest BCUT2D eigenvalue weighted by molar-refractivity contribution is 5.28. The smallest absolute Gasteiger partial charge is 0.0371 e. The molecule has 1 N–H and O–H groups in total. The van der Waals surface area contributed by atoms with Gasteiger partial charge in [-0.3, -0.25) is 0 Å². The lowest BCUT2D eigenvalue weighted by atomic mass is 10.1. The molecule has 2 rings (SSSR count). The fourth-order valence-corrected chi connectivity index (χ4v) is 3.34. The van der Waals surface area contributed by atoms with Crippen molar-refractivity contribution in [2.45, 2.75) is 71.1 Å². The number of rotatable bonds is 8. The van der Waals surface area contributed by atoms with Gasteiger partial charge < -0.3 is 10.2 Å². The number of nitrogens with zero attached hydrogens (tertiary/aromatic N) is 1. The Morgan fingerprint density at radius 1 is 1.05 bits per heavy atom. The van der Waals surface area contributed by atoms with E-state index in [0.29, 0.717) is 0 Å². The van der Waals surface area contributed by atoms with Gasteiger partial charge in [-0.25, -0.2) is 0 Å². The van der Waals surface area contributed by atoms with Gasteiger partial charge in [-0.05, 0) is 32.1 Å². The molecule has 0 aliphatic carbocycles. The summed E-state index contributed by atoms with van der Waals surface area (Å²) in [6, 6.07) is 0. The van der Waals surface area contributed by atoms with Crippen LogP contribution < -0.4 is 5.32 Å². The zero-order valence-corrected chi connectivity index (χ0v) is 12.8. The number of nitrogens with one attached hydrogen (secondary N) is 1. The van der Waals surface area contributed by atoms with Crippen molar-refractivity contribution in [2.24, 2.45) is 0 Å². The van der Waals surface area contributed by atoms with Gasteiger partial charge in [-0.15, -0.1) is 0 Å². The Morgan fingerprint density at radius 2 is 1.84 bits per heavy atom.